The SMILES string of the molecule is COc1cc(Cl)c(NC(=O)C2CCS(=O)(=O)C2)cc1OC. The normalized spacial score (nSPS) is 20.0. The number of nitrogens with one attached hydrogen (secondary N) is 1. The van der Waals surface area contributed by atoms with Gasteiger partial charge in [-0.15, -0.1) is 0 Å². The summed E-state index contributed by atoms with van der Waals surface area (Å²) in [6.07, 6.45) is 0.332. The highest BCUT2D eigenvalue weighted by molar-refractivity contribution is 7.91. The number of halogens is 1. The van der Waals surface area contributed by atoms with Crippen molar-refractivity contribution < 1.29 is 22.7 Å². The molecule has 1 amide bonds. The lowest BCUT2D eigenvalue weighted by molar-refractivity contribution is -0.119. The zero-order valence-electron chi connectivity index (χ0n) is 11.7. The number of carbonyl (C=O) groups is 1. The highest BCUT2D eigenvalue weighted by Crippen LogP contribution is 2.36. The molecule has 1 heterocycles. The number of ether oxygens (including phenoxy) is 2. The number of amides is 1. The van der Waals surface area contributed by atoms with Crippen molar-refractivity contribution in [1.82, 2.24) is 0 Å². The summed E-state index contributed by atoms with van der Waals surface area (Å²) < 4.78 is 33.1. The van der Waals surface area contributed by atoms with Crippen LogP contribution in [0.25, 0.3) is 0 Å². The van der Waals surface area contributed by atoms with Gasteiger partial charge in [-0.1, -0.05) is 11.6 Å². The Morgan fingerprint density at radius 3 is 2.43 bits per heavy atom. The minimum absolute atomic E-state index is 0.0464. The maximum Gasteiger partial charge on any atom is 0.228 e. The number of hydrogen-bond acceptors (Lipinski definition) is 5. The molecule has 0 aromatic heterocycles. The summed E-state index contributed by atoms with van der Waals surface area (Å²) in [6, 6.07) is 3.07. The molecule has 21 heavy (non-hydrogen) atoms. The Morgan fingerprint density at radius 1 is 1.29 bits per heavy atom. The predicted molar refractivity (Wildman–Crippen MR) is 79.9 cm³/mol. The van der Waals surface area contributed by atoms with Gasteiger partial charge in [-0.05, 0) is 6.42 Å². The van der Waals surface area contributed by atoms with Crippen molar-refractivity contribution in [3.05, 3.63) is 17.2 Å². The lowest BCUT2D eigenvalue weighted by Crippen LogP contribution is -2.23. The molecule has 0 saturated carbocycles. The van der Waals surface area contributed by atoms with Crippen LogP contribution in [0.15, 0.2) is 12.1 Å². The predicted octanol–water partition coefficient (Wildman–Crippen LogP) is 1.73. The number of methoxy groups -OCH3 is 2. The highest BCUT2D eigenvalue weighted by atomic mass is 35.5. The van der Waals surface area contributed by atoms with Crippen molar-refractivity contribution in [2.24, 2.45) is 5.92 Å². The first-order valence-electron chi connectivity index (χ1n) is 6.29. The fraction of sp³-hybridized carbons (Fsp3) is 0.462. The summed E-state index contributed by atoms with van der Waals surface area (Å²) in [5, 5.41) is 2.94. The number of anilines is 1. The van der Waals surface area contributed by atoms with E-state index in [0.29, 0.717) is 28.6 Å². The molecule has 6 nitrogen and oxygen atoms in total. The van der Waals surface area contributed by atoms with Crippen LogP contribution in [-0.4, -0.2) is 40.1 Å². The van der Waals surface area contributed by atoms with Gasteiger partial charge >= 0.3 is 0 Å². The zero-order chi connectivity index (χ0) is 15.6. The Kier molecular flexibility index (Phi) is 4.63. The molecule has 0 spiro atoms. The lowest BCUT2D eigenvalue weighted by atomic mass is 10.1. The maximum absolute atomic E-state index is 12.1. The Hall–Kier alpha value is -1.47. The number of benzene rings is 1. The molecule has 0 aliphatic carbocycles. The Labute approximate surface area is 128 Å². The van der Waals surface area contributed by atoms with Crippen molar-refractivity contribution in [2.45, 2.75) is 6.42 Å². The van der Waals surface area contributed by atoms with E-state index in [1.165, 1.54) is 20.3 Å². The second-order valence-corrected chi connectivity index (χ2v) is 7.41. The highest BCUT2D eigenvalue weighted by Gasteiger charge is 2.33. The van der Waals surface area contributed by atoms with Crippen molar-refractivity contribution in [3.63, 3.8) is 0 Å². The first kappa shape index (κ1) is 15.9. The minimum Gasteiger partial charge on any atom is -0.493 e. The lowest BCUT2D eigenvalue weighted by Gasteiger charge is -2.14. The van der Waals surface area contributed by atoms with Crippen molar-refractivity contribution >= 4 is 33.0 Å². The van der Waals surface area contributed by atoms with Crippen LogP contribution in [0.1, 0.15) is 6.42 Å². The van der Waals surface area contributed by atoms with Gasteiger partial charge in [-0.25, -0.2) is 8.42 Å². The third-order valence-electron chi connectivity index (χ3n) is 3.33. The van der Waals surface area contributed by atoms with E-state index in [9.17, 15) is 13.2 Å². The molecule has 0 bridgehead atoms. The Bertz CT molecular complexity index is 659. The zero-order valence-corrected chi connectivity index (χ0v) is 13.3. The van der Waals surface area contributed by atoms with Crippen LogP contribution >= 0.6 is 11.6 Å². The fourth-order valence-corrected chi connectivity index (χ4v) is 4.13. The van der Waals surface area contributed by atoms with Crippen molar-refractivity contribution in [1.29, 1.82) is 0 Å². The van der Waals surface area contributed by atoms with Crippen LogP contribution in [-0.2, 0) is 14.6 Å². The quantitative estimate of drug-likeness (QED) is 0.907. The number of rotatable bonds is 4. The molecule has 1 aromatic rings. The van der Waals surface area contributed by atoms with E-state index in [-0.39, 0.29) is 17.4 Å². The van der Waals surface area contributed by atoms with Gasteiger partial charge in [-0.3, -0.25) is 4.79 Å². The maximum atomic E-state index is 12.1. The van der Waals surface area contributed by atoms with E-state index in [2.05, 4.69) is 5.32 Å². The summed E-state index contributed by atoms with van der Waals surface area (Å²) in [4.78, 5) is 12.1. The molecule has 1 atom stereocenters. The molecular weight excluding hydrogens is 318 g/mol. The minimum atomic E-state index is -3.10. The Morgan fingerprint density at radius 2 is 1.90 bits per heavy atom. The van der Waals surface area contributed by atoms with Gasteiger partial charge in [0.05, 0.1) is 42.4 Å². The monoisotopic (exact) mass is 333 g/mol. The van der Waals surface area contributed by atoms with E-state index in [0.717, 1.165) is 0 Å². The topological polar surface area (TPSA) is 81.7 Å². The van der Waals surface area contributed by atoms with Crippen LogP contribution in [0.3, 0.4) is 0 Å². The summed E-state index contributed by atoms with van der Waals surface area (Å²) in [6.45, 7) is 0. The van der Waals surface area contributed by atoms with Crippen LogP contribution in [0.2, 0.25) is 5.02 Å². The summed E-state index contributed by atoms with van der Waals surface area (Å²) in [7, 11) is -0.150. The second kappa shape index (κ2) is 6.11. The van der Waals surface area contributed by atoms with E-state index >= 15 is 0 Å². The number of hydrogen-bond donors (Lipinski definition) is 1. The molecule has 2 rings (SSSR count). The van der Waals surface area contributed by atoms with E-state index < -0.39 is 15.8 Å². The van der Waals surface area contributed by atoms with Gasteiger partial charge in [0, 0.05) is 12.1 Å². The first-order valence-corrected chi connectivity index (χ1v) is 8.49. The molecule has 0 radical (unpaired) electrons. The van der Waals surface area contributed by atoms with Crippen LogP contribution in [0.5, 0.6) is 11.5 Å². The third kappa shape index (κ3) is 3.59. The molecule has 1 aliphatic heterocycles. The number of carbonyl (C=O) groups excluding carboxylic acids is 1. The molecule has 1 aromatic carbocycles. The largest absolute Gasteiger partial charge is 0.493 e. The summed E-state index contributed by atoms with van der Waals surface area (Å²) >= 11 is 6.08. The van der Waals surface area contributed by atoms with Crippen LogP contribution < -0.4 is 14.8 Å². The van der Waals surface area contributed by atoms with Gasteiger partial charge in [0.25, 0.3) is 0 Å². The van der Waals surface area contributed by atoms with E-state index in [1.54, 1.807) is 6.07 Å². The first-order chi connectivity index (χ1) is 9.86. The van der Waals surface area contributed by atoms with Crippen molar-refractivity contribution in [2.75, 3.05) is 31.0 Å². The fourth-order valence-electron chi connectivity index (χ4n) is 2.19. The summed E-state index contributed by atoms with van der Waals surface area (Å²) in [5.41, 5.74) is 0.364. The molecular formula is C13H16ClNO5S. The van der Waals surface area contributed by atoms with Gasteiger partial charge in [0.1, 0.15) is 0 Å². The standard InChI is InChI=1S/C13H16ClNO5S/c1-19-11-5-9(14)10(6-12(11)20-2)15-13(16)8-3-4-21(17,18)7-8/h5-6,8H,3-4,7H2,1-2H3,(H,15,16). The number of sulfone groups is 1. The summed E-state index contributed by atoms with van der Waals surface area (Å²) in [5.74, 6) is -0.0985. The van der Waals surface area contributed by atoms with E-state index in [1.807, 2.05) is 0 Å². The molecule has 8 heteroatoms. The molecule has 1 N–H and O–H groups in total. The average Bonchev–Trinajstić information content (AvgIpc) is 2.80. The molecule has 116 valence electrons. The second-order valence-electron chi connectivity index (χ2n) is 4.78. The molecule has 1 aliphatic rings. The van der Waals surface area contributed by atoms with Crippen LogP contribution in [0.4, 0.5) is 5.69 Å². The average molecular weight is 334 g/mol. The molecule has 1 saturated heterocycles. The van der Waals surface area contributed by atoms with E-state index in [4.69, 9.17) is 21.1 Å². The molecule has 1 fully saturated rings. The van der Waals surface area contributed by atoms with Gasteiger partial charge in [0.2, 0.25) is 5.91 Å². The van der Waals surface area contributed by atoms with Gasteiger partial charge < -0.3 is 14.8 Å². The van der Waals surface area contributed by atoms with Crippen LogP contribution in [0, 0.1) is 5.92 Å². The smallest absolute Gasteiger partial charge is 0.228 e. The third-order valence-corrected chi connectivity index (χ3v) is 5.41. The Balaban J connectivity index is 2.18. The van der Waals surface area contributed by atoms with Crippen molar-refractivity contribution in [3.8, 4) is 11.5 Å². The van der Waals surface area contributed by atoms with Gasteiger partial charge in [0.15, 0.2) is 21.3 Å². The van der Waals surface area contributed by atoms with Gasteiger partial charge in [-0.2, -0.15) is 0 Å². The molecule has 1 unspecified atom stereocenters.